The van der Waals surface area contributed by atoms with Gasteiger partial charge in [-0.05, 0) is 18.2 Å². The minimum absolute atomic E-state index is 0.680. The molecule has 0 aliphatic heterocycles. The van der Waals surface area contributed by atoms with E-state index >= 15 is 0 Å². The first-order chi connectivity index (χ1) is 6.74. The average molecular weight is 188 g/mol. The minimum atomic E-state index is 0.680. The highest BCUT2D eigenvalue weighted by molar-refractivity contribution is 6.04. The third-order valence-corrected chi connectivity index (χ3v) is 2.29. The molecule has 0 atom stereocenters. The normalized spacial score (nSPS) is 10.4. The molecule has 0 saturated carbocycles. The van der Waals surface area contributed by atoms with Gasteiger partial charge in [-0.3, -0.25) is 0 Å². The van der Waals surface area contributed by atoms with Gasteiger partial charge in [0.2, 0.25) is 0 Å². The maximum atomic E-state index is 5.85. The molecule has 0 aliphatic rings. The summed E-state index contributed by atoms with van der Waals surface area (Å²) in [5, 5.41) is 1.82. The molecule has 0 bridgehead atoms. The summed E-state index contributed by atoms with van der Waals surface area (Å²) in [7, 11) is 1.63. The van der Waals surface area contributed by atoms with Gasteiger partial charge < -0.3 is 16.2 Å². The van der Waals surface area contributed by atoms with Crippen molar-refractivity contribution in [3.63, 3.8) is 0 Å². The van der Waals surface area contributed by atoms with E-state index in [1.807, 2.05) is 24.3 Å². The number of rotatable bonds is 1. The van der Waals surface area contributed by atoms with Gasteiger partial charge in [0, 0.05) is 22.1 Å². The molecule has 0 heterocycles. The van der Waals surface area contributed by atoms with E-state index in [1.165, 1.54) is 0 Å². The molecule has 0 saturated heterocycles. The highest BCUT2D eigenvalue weighted by Crippen LogP contribution is 2.33. The van der Waals surface area contributed by atoms with Gasteiger partial charge in [0.05, 0.1) is 7.11 Å². The number of hydrogen-bond donors (Lipinski definition) is 2. The molecule has 3 nitrogen and oxygen atoms in total. The van der Waals surface area contributed by atoms with Crippen molar-refractivity contribution >= 4 is 22.1 Å². The quantitative estimate of drug-likeness (QED) is 0.673. The van der Waals surface area contributed by atoms with Crippen LogP contribution in [0.4, 0.5) is 11.4 Å². The lowest BCUT2D eigenvalue weighted by Gasteiger charge is -2.09. The van der Waals surface area contributed by atoms with Crippen LogP contribution < -0.4 is 16.2 Å². The largest absolute Gasteiger partial charge is 0.496 e. The fourth-order valence-corrected chi connectivity index (χ4v) is 1.61. The van der Waals surface area contributed by atoms with Crippen molar-refractivity contribution in [3.05, 3.63) is 30.3 Å². The van der Waals surface area contributed by atoms with Crippen molar-refractivity contribution in [2.24, 2.45) is 0 Å². The molecule has 0 radical (unpaired) electrons. The number of anilines is 2. The second-order valence-electron chi connectivity index (χ2n) is 3.13. The third kappa shape index (κ3) is 1.14. The summed E-state index contributed by atoms with van der Waals surface area (Å²) in [6, 6.07) is 9.31. The van der Waals surface area contributed by atoms with Crippen LogP contribution in [-0.4, -0.2) is 7.11 Å². The van der Waals surface area contributed by atoms with E-state index in [-0.39, 0.29) is 0 Å². The van der Waals surface area contributed by atoms with Crippen molar-refractivity contribution in [1.29, 1.82) is 0 Å². The first-order valence-corrected chi connectivity index (χ1v) is 4.34. The van der Waals surface area contributed by atoms with Crippen LogP contribution in [0.15, 0.2) is 30.3 Å². The Kier molecular flexibility index (Phi) is 1.93. The predicted molar refractivity (Wildman–Crippen MR) is 59.3 cm³/mol. The second kappa shape index (κ2) is 3.10. The standard InChI is InChI=1S/C11H12N2O/c1-14-10-6-5-9(13)11-7(10)3-2-4-8(11)12/h2-6H,12-13H2,1H3. The van der Waals surface area contributed by atoms with Crippen LogP contribution in [0.25, 0.3) is 10.8 Å². The SMILES string of the molecule is COc1ccc(N)c2c(N)cccc12. The number of hydrogen-bond acceptors (Lipinski definition) is 3. The van der Waals surface area contributed by atoms with Crippen LogP contribution in [0, 0.1) is 0 Å². The van der Waals surface area contributed by atoms with E-state index in [1.54, 1.807) is 13.2 Å². The summed E-state index contributed by atoms with van der Waals surface area (Å²) >= 11 is 0. The van der Waals surface area contributed by atoms with Gasteiger partial charge in [-0.2, -0.15) is 0 Å². The molecule has 3 heteroatoms. The van der Waals surface area contributed by atoms with Crippen molar-refractivity contribution in [3.8, 4) is 5.75 Å². The molecule has 14 heavy (non-hydrogen) atoms. The Morgan fingerprint density at radius 1 is 1.00 bits per heavy atom. The molecule has 0 spiro atoms. The lowest BCUT2D eigenvalue weighted by Crippen LogP contribution is -1.94. The maximum Gasteiger partial charge on any atom is 0.126 e. The molecule has 2 aromatic rings. The highest BCUT2D eigenvalue weighted by atomic mass is 16.5. The number of nitrogen functional groups attached to an aromatic ring is 2. The predicted octanol–water partition coefficient (Wildman–Crippen LogP) is 2.01. The summed E-state index contributed by atoms with van der Waals surface area (Å²) in [5.41, 5.74) is 13.0. The van der Waals surface area contributed by atoms with Gasteiger partial charge in [0.25, 0.3) is 0 Å². The molecular formula is C11H12N2O. The van der Waals surface area contributed by atoms with Crippen molar-refractivity contribution in [1.82, 2.24) is 0 Å². The molecule has 2 aromatic carbocycles. The van der Waals surface area contributed by atoms with Crippen molar-refractivity contribution in [2.75, 3.05) is 18.6 Å². The molecule has 2 rings (SSSR count). The maximum absolute atomic E-state index is 5.85. The van der Waals surface area contributed by atoms with Gasteiger partial charge in [-0.1, -0.05) is 12.1 Å². The van der Waals surface area contributed by atoms with E-state index in [4.69, 9.17) is 16.2 Å². The van der Waals surface area contributed by atoms with Crippen LogP contribution >= 0.6 is 0 Å². The Bertz CT molecular complexity index is 472. The summed E-state index contributed by atoms with van der Waals surface area (Å²) in [6.07, 6.45) is 0. The number of methoxy groups -OCH3 is 1. The lowest BCUT2D eigenvalue weighted by molar-refractivity contribution is 0.420. The van der Waals surface area contributed by atoms with Crippen LogP contribution in [0.2, 0.25) is 0 Å². The van der Waals surface area contributed by atoms with E-state index in [9.17, 15) is 0 Å². The summed E-state index contributed by atoms with van der Waals surface area (Å²) in [4.78, 5) is 0. The first kappa shape index (κ1) is 8.69. The number of fused-ring (bicyclic) bond motifs is 1. The van der Waals surface area contributed by atoms with E-state index in [0.29, 0.717) is 11.4 Å². The molecule has 0 unspecified atom stereocenters. The van der Waals surface area contributed by atoms with Crippen LogP contribution in [0.3, 0.4) is 0 Å². The third-order valence-electron chi connectivity index (χ3n) is 2.29. The monoisotopic (exact) mass is 188 g/mol. The second-order valence-corrected chi connectivity index (χ2v) is 3.13. The highest BCUT2D eigenvalue weighted by Gasteiger charge is 2.06. The first-order valence-electron chi connectivity index (χ1n) is 4.34. The van der Waals surface area contributed by atoms with Crippen molar-refractivity contribution < 1.29 is 4.74 Å². The van der Waals surface area contributed by atoms with E-state index in [2.05, 4.69) is 0 Å². The average Bonchev–Trinajstić information content (AvgIpc) is 2.18. The van der Waals surface area contributed by atoms with Gasteiger partial charge in [0.15, 0.2) is 0 Å². The Morgan fingerprint density at radius 2 is 1.71 bits per heavy atom. The Morgan fingerprint density at radius 3 is 2.43 bits per heavy atom. The fraction of sp³-hybridized carbons (Fsp3) is 0.0909. The van der Waals surface area contributed by atoms with Gasteiger partial charge >= 0.3 is 0 Å². The summed E-state index contributed by atoms with van der Waals surface area (Å²) in [5.74, 6) is 0.793. The molecule has 4 N–H and O–H groups in total. The van der Waals surface area contributed by atoms with Gasteiger partial charge in [-0.25, -0.2) is 0 Å². The number of benzene rings is 2. The van der Waals surface area contributed by atoms with E-state index in [0.717, 1.165) is 16.5 Å². The number of nitrogens with two attached hydrogens (primary N) is 2. The topological polar surface area (TPSA) is 61.3 Å². The van der Waals surface area contributed by atoms with Crippen LogP contribution in [-0.2, 0) is 0 Å². The zero-order valence-corrected chi connectivity index (χ0v) is 7.95. The zero-order chi connectivity index (χ0) is 10.1. The Labute approximate surface area is 82.3 Å². The molecule has 0 amide bonds. The molecular weight excluding hydrogens is 176 g/mol. The molecule has 72 valence electrons. The molecule has 0 aliphatic carbocycles. The summed E-state index contributed by atoms with van der Waals surface area (Å²) < 4.78 is 5.23. The smallest absolute Gasteiger partial charge is 0.126 e. The summed E-state index contributed by atoms with van der Waals surface area (Å²) in [6.45, 7) is 0. The Balaban J connectivity index is 2.91. The molecule has 0 aromatic heterocycles. The van der Waals surface area contributed by atoms with Gasteiger partial charge in [-0.15, -0.1) is 0 Å². The fourth-order valence-electron chi connectivity index (χ4n) is 1.61. The Hall–Kier alpha value is -1.90. The van der Waals surface area contributed by atoms with Crippen LogP contribution in [0.5, 0.6) is 5.75 Å². The number of ether oxygens (including phenoxy) is 1. The van der Waals surface area contributed by atoms with Gasteiger partial charge in [0.1, 0.15) is 5.75 Å². The zero-order valence-electron chi connectivity index (χ0n) is 7.95. The lowest BCUT2D eigenvalue weighted by atomic mass is 10.1. The van der Waals surface area contributed by atoms with E-state index < -0.39 is 0 Å². The van der Waals surface area contributed by atoms with Crippen molar-refractivity contribution in [2.45, 2.75) is 0 Å². The van der Waals surface area contributed by atoms with Crippen LogP contribution in [0.1, 0.15) is 0 Å². The molecule has 0 fully saturated rings. The minimum Gasteiger partial charge on any atom is -0.496 e.